The number of amides is 1. The fraction of sp³-hybridized carbons (Fsp3) is 0.308. The van der Waals surface area contributed by atoms with Gasteiger partial charge in [-0.25, -0.2) is 4.39 Å². The molecule has 0 radical (unpaired) electrons. The van der Waals surface area contributed by atoms with Crippen LogP contribution in [0.25, 0.3) is 0 Å². The molecule has 1 aliphatic rings. The van der Waals surface area contributed by atoms with E-state index in [-0.39, 0.29) is 10.7 Å². The second-order valence-electron chi connectivity index (χ2n) is 4.87. The zero-order valence-corrected chi connectivity index (χ0v) is 11.8. The van der Waals surface area contributed by atoms with E-state index in [1.807, 2.05) is 0 Å². The van der Waals surface area contributed by atoms with Gasteiger partial charge in [-0.1, -0.05) is 11.3 Å². The van der Waals surface area contributed by atoms with E-state index in [0.29, 0.717) is 18.1 Å². The van der Waals surface area contributed by atoms with E-state index in [1.54, 1.807) is 0 Å². The number of benzene rings is 1. The summed E-state index contributed by atoms with van der Waals surface area (Å²) in [5, 5.41) is 11.1. The van der Waals surface area contributed by atoms with E-state index >= 15 is 0 Å². The standard InChI is InChI=1S/C13H9F4N3OS/c14-9-4-3-7(5-8(9)13(15,16)17)10(21)18-12-20-19-11(22-12)6-1-2-6/h3-6H,1-2H2,(H,18,20,21). The van der Waals surface area contributed by atoms with Crippen LogP contribution in [0, 0.1) is 5.82 Å². The van der Waals surface area contributed by atoms with Crippen LogP contribution in [0.3, 0.4) is 0 Å². The second-order valence-corrected chi connectivity index (χ2v) is 5.88. The number of nitrogens with one attached hydrogen (secondary N) is 1. The van der Waals surface area contributed by atoms with E-state index in [4.69, 9.17) is 0 Å². The van der Waals surface area contributed by atoms with Crippen LogP contribution in [-0.4, -0.2) is 16.1 Å². The van der Waals surface area contributed by atoms with Gasteiger partial charge in [0, 0.05) is 11.5 Å². The molecule has 1 N–H and O–H groups in total. The first-order valence-corrected chi connectivity index (χ1v) is 7.18. The SMILES string of the molecule is O=C(Nc1nnc(C2CC2)s1)c1ccc(F)c(C(F)(F)F)c1. The highest BCUT2D eigenvalue weighted by Crippen LogP contribution is 2.42. The lowest BCUT2D eigenvalue weighted by atomic mass is 10.1. The van der Waals surface area contributed by atoms with Crippen molar-refractivity contribution in [2.45, 2.75) is 24.9 Å². The Morgan fingerprint density at radius 2 is 2.00 bits per heavy atom. The van der Waals surface area contributed by atoms with Gasteiger partial charge in [-0.15, -0.1) is 10.2 Å². The highest BCUT2D eigenvalue weighted by molar-refractivity contribution is 7.15. The van der Waals surface area contributed by atoms with Gasteiger partial charge in [-0.05, 0) is 31.0 Å². The van der Waals surface area contributed by atoms with E-state index in [1.165, 1.54) is 11.3 Å². The lowest BCUT2D eigenvalue weighted by Crippen LogP contribution is -2.15. The molecule has 1 aromatic heterocycles. The molecular weight excluding hydrogens is 322 g/mol. The number of carbonyl (C=O) groups excluding carboxylic acids is 1. The number of anilines is 1. The lowest BCUT2D eigenvalue weighted by molar-refractivity contribution is -0.140. The van der Waals surface area contributed by atoms with Gasteiger partial charge >= 0.3 is 6.18 Å². The van der Waals surface area contributed by atoms with Gasteiger partial charge in [0.05, 0.1) is 5.56 Å². The minimum absolute atomic E-state index is 0.213. The first kappa shape index (κ1) is 14.9. The summed E-state index contributed by atoms with van der Waals surface area (Å²) in [5.74, 6) is -1.84. The number of hydrogen-bond acceptors (Lipinski definition) is 4. The molecule has 0 saturated heterocycles. The Hall–Kier alpha value is -2.03. The summed E-state index contributed by atoms with van der Waals surface area (Å²) >= 11 is 1.19. The molecule has 4 nitrogen and oxygen atoms in total. The fourth-order valence-corrected chi connectivity index (χ4v) is 2.74. The molecule has 2 aromatic rings. The number of nitrogens with zero attached hydrogens (tertiary/aromatic N) is 2. The molecule has 1 fully saturated rings. The molecule has 1 aromatic carbocycles. The molecule has 116 valence electrons. The molecule has 0 atom stereocenters. The number of carbonyl (C=O) groups is 1. The average Bonchev–Trinajstić information content (AvgIpc) is 3.19. The van der Waals surface area contributed by atoms with Gasteiger partial charge in [0.25, 0.3) is 5.91 Å². The van der Waals surface area contributed by atoms with Gasteiger partial charge in [0.15, 0.2) is 0 Å². The molecule has 1 aliphatic carbocycles. The maximum absolute atomic E-state index is 13.2. The van der Waals surface area contributed by atoms with Crippen LogP contribution in [0.2, 0.25) is 0 Å². The second kappa shape index (κ2) is 5.31. The van der Waals surface area contributed by atoms with Crippen LogP contribution >= 0.6 is 11.3 Å². The van der Waals surface area contributed by atoms with Gasteiger partial charge in [0.1, 0.15) is 10.8 Å². The fourth-order valence-electron chi connectivity index (χ4n) is 1.83. The Kier molecular flexibility index (Phi) is 3.59. The van der Waals surface area contributed by atoms with Crippen molar-refractivity contribution < 1.29 is 22.4 Å². The predicted octanol–water partition coefficient (Wildman–Crippen LogP) is 3.83. The van der Waals surface area contributed by atoms with Crippen molar-refractivity contribution in [3.8, 4) is 0 Å². The molecule has 0 unspecified atom stereocenters. The zero-order chi connectivity index (χ0) is 15.9. The molecule has 1 amide bonds. The summed E-state index contributed by atoms with van der Waals surface area (Å²) in [6.45, 7) is 0. The Bertz CT molecular complexity index is 724. The maximum Gasteiger partial charge on any atom is 0.419 e. The number of rotatable bonds is 3. The highest BCUT2D eigenvalue weighted by Gasteiger charge is 2.34. The molecule has 1 saturated carbocycles. The Morgan fingerprint density at radius 3 is 2.64 bits per heavy atom. The first-order valence-electron chi connectivity index (χ1n) is 6.36. The smallest absolute Gasteiger partial charge is 0.296 e. The van der Waals surface area contributed by atoms with E-state index < -0.39 is 23.5 Å². The molecule has 0 spiro atoms. The quantitative estimate of drug-likeness (QED) is 0.870. The van der Waals surface area contributed by atoms with Gasteiger partial charge < -0.3 is 0 Å². The lowest BCUT2D eigenvalue weighted by Gasteiger charge is -2.09. The molecule has 9 heteroatoms. The van der Waals surface area contributed by atoms with Crippen molar-refractivity contribution in [2.24, 2.45) is 0 Å². The number of halogens is 4. The molecule has 1 heterocycles. The summed E-state index contributed by atoms with van der Waals surface area (Å²) in [7, 11) is 0. The highest BCUT2D eigenvalue weighted by atomic mass is 32.1. The van der Waals surface area contributed by atoms with Gasteiger partial charge in [-0.3, -0.25) is 10.1 Å². The van der Waals surface area contributed by atoms with Gasteiger partial charge in [-0.2, -0.15) is 13.2 Å². The third kappa shape index (κ3) is 3.08. The van der Waals surface area contributed by atoms with Crippen LogP contribution in [0.4, 0.5) is 22.7 Å². The van der Waals surface area contributed by atoms with Crippen molar-refractivity contribution in [3.05, 3.63) is 40.2 Å². The summed E-state index contributed by atoms with van der Waals surface area (Å²) in [6.07, 6.45) is -2.81. The summed E-state index contributed by atoms with van der Waals surface area (Å²) in [5.41, 5.74) is -1.77. The number of aromatic nitrogens is 2. The molecule has 22 heavy (non-hydrogen) atoms. The predicted molar refractivity (Wildman–Crippen MR) is 71.2 cm³/mol. The minimum Gasteiger partial charge on any atom is -0.296 e. The zero-order valence-electron chi connectivity index (χ0n) is 10.9. The number of hydrogen-bond donors (Lipinski definition) is 1. The topological polar surface area (TPSA) is 54.9 Å². The van der Waals surface area contributed by atoms with Crippen LogP contribution in [-0.2, 0) is 6.18 Å². The van der Waals surface area contributed by atoms with Crippen LogP contribution in [0.5, 0.6) is 0 Å². The van der Waals surface area contributed by atoms with Crippen LogP contribution in [0.15, 0.2) is 18.2 Å². The van der Waals surface area contributed by atoms with E-state index in [9.17, 15) is 22.4 Å². The minimum atomic E-state index is -4.86. The van der Waals surface area contributed by atoms with Crippen LogP contribution < -0.4 is 5.32 Å². The van der Waals surface area contributed by atoms with Crippen molar-refractivity contribution in [2.75, 3.05) is 5.32 Å². The van der Waals surface area contributed by atoms with E-state index in [2.05, 4.69) is 15.5 Å². The van der Waals surface area contributed by atoms with Gasteiger partial charge in [0.2, 0.25) is 5.13 Å². The summed E-state index contributed by atoms with van der Waals surface area (Å²) in [6, 6.07) is 2.09. The van der Waals surface area contributed by atoms with Crippen molar-refractivity contribution in [1.29, 1.82) is 0 Å². The maximum atomic E-state index is 13.2. The molecule has 0 bridgehead atoms. The van der Waals surface area contributed by atoms with Crippen molar-refractivity contribution in [3.63, 3.8) is 0 Å². The average molecular weight is 331 g/mol. The normalized spacial score (nSPS) is 14.9. The summed E-state index contributed by atoms with van der Waals surface area (Å²) < 4.78 is 51.1. The van der Waals surface area contributed by atoms with E-state index in [0.717, 1.165) is 23.9 Å². The van der Waals surface area contributed by atoms with Crippen molar-refractivity contribution >= 4 is 22.4 Å². The van der Waals surface area contributed by atoms with Crippen LogP contribution in [0.1, 0.15) is 39.7 Å². The Labute approximate surface area is 126 Å². The largest absolute Gasteiger partial charge is 0.419 e. The third-order valence-electron chi connectivity index (χ3n) is 3.12. The molecule has 3 rings (SSSR count). The number of alkyl halides is 3. The Balaban J connectivity index is 1.79. The summed E-state index contributed by atoms with van der Waals surface area (Å²) in [4.78, 5) is 11.9. The molecular formula is C13H9F4N3OS. The van der Waals surface area contributed by atoms with Crippen molar-refractivity contribution in [1.82, 2.24) is 10.2 Å². The monoisotopic (exact) mass is 331 g/mol. The third-order valence-corrected chi connectivity index (χ3v) is 4.12. The first-order chi connectivity index (χ1) is 10.3. The molecule has 0 aliphatic heterocycles. The Morgan fingerprint density at radius 1 is 1.27 bits per heavy atom.